The number of hydrogen-bond donors (Lipinski definition) is 1. The minimum absolute atomic E-state index is 0.0486. The number of halogens is 3. The lowest BCUT2D eigenvalue weighted by Crippen LogP contribution is -2.37. The van der Waals surface area contributed by atoms with Crippen LogP contribution in [0.2, 0.25) is 0 Å². The summed E-state index contributed by atoms with van der Waals surface area (Å²) in [6.45, 7) is 3.02. The highest BCUT2D eigenvalue weighted by molar-refractivity contribution is 7.92. The zero-order valence-electron chi connectivity index (χ0n) is 17.3. The maximum atomic E-state index is 13.0. The fourth-order valence-corrected chi connectivity index (χ4v) is 5.07. The standard InChI is InChI=1S/C20H20F3N3O4S2/c1-12(2)26-16-8-7-14(10-17(16)31-19(26)28)24-18(27)11-25(32(3,29)30)15-6-4-5-13(9-15)20(21,22)23/h4-10,12H,11H2,1-3H3,(H,24,27). The highest BCUT2D eigenvalue weighted by Gasteiger charge is 2.32. The first-order valence-corrected chi connectivity index (χ1v) is 12.0. The Kier molecular flexibility index (Phi) is 6.38. The van der Waals surface area contributed by atoms with Crippen molar-refractivity contribution in [2.75, 3.05) is 22.4 Å². The van der Waals surface area contributed by atoms with Crippen LogP contribution in [0.3, 0.4) is 0 Å². The molecular weight excluding hydrogens is 467 g/mol. The van der Waals surface area contributed by atoms with Gasteiger partial charge in [-0.1, -0.05) is 17.4 Å². The first-order chi connectivity index (χ1) is 14.8. The first-order valence-electron chi connectivity index (χ1n) is 9.37. The Morgan fingerprint density at radius 1 is 1.19 bits per heavy atom. The van der Waals surface area contributed by atoms with E-state index in [1.54, 1.807) is 22.8 Å². The van der Waals surface area contributed by atoms with E-state index >= 15 is 0 Å². The lowest BCUT2D eigenvalue weighted by molar-refractivity contribution is -0.137. The molecule has 0 saturated carbocycles. The topological polar surface area (TPSA) is 88.5 Å². The monoisotopic (exact) mass is 487 g/mol. The molecule has 0 aliphatic carbocycles. The van der Waals surface area contributed by atoms with Crippen molar-refractivity contribution in [3.8, 4) is 0 Å². The van der Waals surface area contributed by atoms with Gasteiger partial charge in [-0.05, 0) is 50.2 Å². The molecule has 0 aliphatic rings. The van der Waals surface area contributed by atoms with Crippen LogP contribution in [-0.4, -0.2) is 31.7 Å². The summed E-state index contributed by atoms with van der Waals surface area (Å²) in [5.74, 6) is -0.747. The van der Waals surface area contributed by atoms with Gasteiger partial charge in [-0.15, -0.1) is 0 Å². The number of benzene rings is 2. The van der Waals surface area contributed by atoms with Crippen LogP contribution >= 0.6 is 11.3 Å². The number of thiazole rings is 1. The van der Waals surface area contributed by atoms with Gasteiger partial charge in [0.1, 0.15) is 6.54 Å². The minimum atomic E-state index is -4.66. The van der Waals surface area contributed by atoms with Crippen molar-refractivity contribution in [2.45, 2.75) is 26.1 Å². The quantitative estimate of drug-likeness (QED) is 0.568. The van der Waals surface area contributed by atoms with Gasteiger partial charge in [0, 0.05) is 11.7 Å². The second-order valence-electron chi connectivity index (χ2n) is 7.38. The summed E-state index contributed by atoms with van der Waals surface area (Å²) in [6.07, 6.45) is -3.86. The van der Waals surface area contributed by atoms with E-state index in [1.165, 1.54) is 6.07 Å². The Bertz CT molecular complexity index is 1330. The summed E-state index contributed by atoms with van der Waals surface area (Å²) in [5.41, 5.74) is -0.272. The van der Waals surface area contributed by atoms with Crippen LogP contribution in [-0.2, 0) is 21.0 Å². The number of hydrogen-bond acceptors (Lipinski definition) is 5. The van der Waals surface area contributed by atoms with Crippen molar-refractivity contribution in [3.63, 3.8) is 0 Å². The van der Waals surface area contributed by atoms with Gasteiger partial charge in [-0.2, -0.15) is 13.2 Å². The molecule has 0 spiro atoms. The van der Waals surface area contributed by atoms with Gasteiger partial charge in [-0.3, -0.25) is 18.5 Å². The fraction of sp³-hybridized carbons (Fsp3) is 0.300. The van der Waals surface area contributed by atoms with Crippen LogP contribution in [0.15, 0.2) is 47.3 Å². The summed E-state index contributed by atoms with van der Waals surface area (Å²) < 4.78 is 66.3. The number of rotatable bonds is 6. The number of aromatic nitrogens is 1. The predicted molar refractivity (Wildman–Crippen MR) is 119 cm³/mol. The molecule has 1 amide bonds. The van der Waals surface area contributed by atoms with Crippen LogP contribution in [0, 0.1) is 0 Å². The van der Waals surface area contributed by atoms with E-state index in [2.05, 4.69) is 5.32 Å². The SMILES string of the molecule is CC(C)n1c(=O)sc2cc(NC(=O)CN(c3cccc(C(F)(F)F)c3)S(C)(=O)=O)ccc21. The number of amides is 1. The van der Waals surface area contributed by atoms with Crippen molar-refractivity contribution in [1.82, 2.24) is 4.57 Å². The molecular formula is C20H20F3N3O4S2. The number of sulfonamides is 1. The van der Waals surface area contributed by atoms with Gasteiger partial charge in [0.05, 0.1) is 27.7 Å². The van der Waals surface area contributed by atoms with Crippen LogP contribution in [0.1, 0.15) is 25.5 Å². The first kappa shape index (κ1) is 23.8. The molecule has 12 heteroatoms. The van der Waals surface area contributed by atoms with Crippen molar-refractivity contribution in [3.05, 3.63) is 57.7 Å². The van der Waals surface area contributed by atoms with E-state index in [9.17, 15) is 31.2 Å². The third-order valence-electron chi connectivity index (χ3n) is 4.56. The van der Waals surface area contributed by atoms with Gasteiger partial charge < -0.3 is 5.32 Å². The minimum Gasteiger partial charge on any atom is -0.324 e. The molecule has 0 atom stereocenters. The molecule has 0 bridgehead atoms. The van der Waals surface area contributed by atoms with E-state index in [4.69, 9.17) is 0 Å². The van der Waals surface area contributed by atoms with E-state index in [-0.39, 0.29) is 16.6 Å². The zero-order valence-corrected chi connectivity index (χ0v) is 18.9. The Labute approximate surface area is 186 Å². The zero-order chi connectivity index (χ0) is 23.8. The molecule has 32 heavy (non-hydrogen) atoms. The van der Waals surface area contributed by atoms with Crippen LogP contribution < -0.4 is 14.5 Å². The average molecular weight is 488 g/mol. The molecule has 0 radical (unpaired) electrons. The molecule has 1 N–H and O–H groups in total. The van der Waals surface area contributed by atoms with E-state index in [0.29, 0.717) is 26.3 Å². The molecule has 0 unspecified atom stereocenters. The Morgan fingerprint density at radius 3 is 2.47 bits per heavy atom. The highest BCUT2D eigenvalue weighted by atomic mass is 32.2. The largest absolute Gasteiger partial charge is 0.416 e. The Hall–Kier alpha value is -2.86. The van der Waals surface area contributed by atoms with Crippen molar-refractivity contribution in [2.24, 2.45) is 0 Å². The molecule has 172 valence electrons. The van der Waals surface area contributed by atoms with Crippen molar-refractivity contribution in [1.29, 1.82) is 0 Å². The van der Waals surface area contributed by atoms with E-state index in [1.807, 2.05) is 13.8 Å². The fourth-order valence-electron chi connectivity index (χ4n) is 3.17. The lowest BCUT2D eigenvalue weighted by atomic mass is 10.2. The number of anilines is 2. The predicted octanol–water partition coefficient (Wildman–Crippen LogP) is 4.07. The highest BCUT2D eigenvalue weighted by Crippen LogP contribution is 2.32. The third kappa shape index (κ3) is 5.13. The van der Waals surface area contributed by atoms with Crippen LogP contribution in [0.5, 0.6) is 0 Å². The average Bonchev–Trinajstić information content (AvgIpc) is 2.99. The molecule has 7 nitrogen and oxygen atoms in total. The Balaban J connectivity index is 1.86. The van der Waals surface area contributed by atoms with Crippen LogP contribution in [0.4, 0.5) is 24.5 Å². The lowest BCUT2D eigenvalue weighted by Gasteiger charge is -2.22. The number of fused-ring (bicyclic) bond motifs is 1. The Morgan fingerprint density at radius 2 is 1.88 bits per heavy atom. The molecule has 0 aliphatic heterocycles. The molecule has 3 rings (SSSR count). The summed E-state index contributed by atoms with van der Waals surface area (Å²) in [4.78, 5) is 24.6. The van der Waals surface area contributed by atoms with Crippen molar-refractivity contribution < 1.29 is 26.4 Å². The molecule has 0 fully saturated rings. The second kappa shape index (κ2) is 8.58. The molecule has 0 saturated heterocycles. The molecule has 1 aromatic heterocycles. The third-order valence-corrected chi connectivity index (χ3v) is 6.62. The summed E-state index contributed by atoms with van der Waals surface area (Å²) in [6, 6.07) is 8.52. The summed E-state index contributed by atoms with van der Waals surface area (Å²) >= 11 is 1.01. The normalized spacial score (nSPS) is 12.3. The van der Waals surface area contributed by atoms with E-state index < -0.39 is 34.2 Å². The van der Waals surface area contributed by atoms with Gasteiger partial charge in [0.2, 0.25) is 15.9 Å². The summed E-state index contributed by atoms with van der Waals surface area (Å²) in [5, 5.41) is 2.54. The van der Waals surface area contributed by atoms with Gasteiger partial charge in [0.25, 0.3) is 0 Å². The van der Waals surface area contributed by atoms with E-state index in [0.717, 1.165) is 29.7 Å². The molecule has 1 heterocycles. The van der Waals surface area contributed by atoms with Crippen LogP contribution in [0.25, 0.3) is 10.2 Å². The maximum absolute atomic E-state index is 13.0. The van der Waals surface area contributed by atoms with Gasteiger partial charge >= 0.3 is 11.0 Å². The van der Waals surface area contributed by atoms with Gasteiger partial charge in [-0.25, -0.2) is 8.42 Å². The maximum Gasteiger partial charge on any atom is 0.416 e. The molecule has 2 aromatic carbocycles. The number of nitrogens with one attached hydrogen (secondary N) is 1. The summed E-state index contributed by atoms with van der Waals surface area (Å²) in [7, 11) is -4.05. The second-order valence-corrected chi connectivity index (χ2v) is 10.3. The number of nitrogens with zero attached hydrogens (tertiary/aromatic N) is 2. The van der Waals surface area contributed by atoms with Crippen molar-refractivity contribution >= 4 is 48.9 Å². The number of alkyl halides is 3. The van der Waals surface area contributed by atoms with Gasteiger partial charge in [0.15, 0.2) is 0 Å². The number of carbonyl (C=O) groups excluding carboxylic acids is 1. The molecule has 3 aromatic rings. The smallest absolute Gasteiger partial charge is 0.324 e. The number of carbonyl (C=O) groups is 1.